The number of hydrogen-bond acceptors (Lipinski definition) is 4. The first-order chi connectivity index (χ1) is 8.54. The molecule has 0 saturated carbocycles. The molecule has 0 bridgehead atoms. The van der Waals surface area contributed by atoms with Crippen LogP contribution in [0.5, 0.6) is 0 Å². The van der Waals surface area contributed by atoms with Gasteiger partial charge in [0.25, 0.3) is 0 Å². The minimum Gasteiger partial charge on any atom is -0.381 e. The van der Waals surface area contributed by atoms with E-state index in [1.54, 1.807) is 0 Å². The molecule has 0 aliphatic heterocycles. The van der Waals surface area contributed by atoms with Crippen LogP contribution in [0.1, 0.15) is 40.5 Å². The van der Waals surface area contributed by atoms with Crippen molar-refractivity contribution in [2.75, 3.05) is 32.9 Å². The second-order valence-electron chi connectivity index (χ2n) is 5.01. The van der Waals surface area contributed by atoms with Gasteiger partial charge in [0.2, 0.25) is 0 Å². The average molecular weight is 259 g/mol. The van der Waals surface area contributed by atoms with Crippen molar-refractivity contribution in [3.8, 4) is 0 Å². The van der Waals surface area contributed by atoms with Crippen LogP contribution >= 0.6 is 0 Å². The van der Waals surface area contributed by atoms with E-state index in [0.717, 1.165) is 26.1 Å². The van der Waals surface area contributed by atoms with E-state index in [2.05, 4.69) is 5.32 Å². The molecule has 4 nitrogen and oxygen atoms in total. The van der Waals surface area contributed by atoms with Crippen LogP contribution in [0.15, 0.2) is 0 Å². The molecule has 18 heavy (non-hydrogen) atoms. The topological polar surface area (TPSA) is 47.6 Å². The maximum Gasteiger partial charge on any atom is 0.137 e. The molecule has 0 unspecified atom stereocenters. The molecule has 4 heteroatoms. The van der Waals surface area contributed by atoms with Crippen molar-refractivity contribution < 1.29 is 14.3 Å². The van der Waals surface area contributed by atoms with Gasteiger partial charge >= 0.3 is 0 Å². The van der Waals surface area contributed by atoms with E-state index in [9.17, 15) is 4.79 Å². The van der Waals surface area contributed by atoms with Crippen molar-refractivity contribution in [2.24, 2.45) is 5.92 Å². The summed E-state index contributed by atoms with van der Waals surface area (Å²) >= 11 is 0. The monoisotopic (exact) mass is 259 g/mol. The molecule has 0 aromatic carbocycles. The lowest BCUT2D eigenvalue weighted by molar-refractivity contribution is -0.122. The highest BCUT2D eigenvalue weighted by molar-refractivity contribution is 5.80. The van der Waals surface area contributed by atoms with Crippen LogP contribution in [0, 0.1) is 5.92 Å². The van der Waals surface area contributed by atoms with Gasteiger partial charge in [0, 0.05) is 25.5 Å². The third-order valence-electron chi connectivity index (χ3n) is 2.51. The van der Waals surface area contributed by atoms with E-state index in [0.29, 0.717) is 25.7 Å². The largest absolute Gasteiger partial charge is 0.381 e. The minimum atomic E-state index is 0.122. The van der Waals surface area contributed by atoms with Gasteiger partial charge < -0.3 is 14.8 Å². The Bertz CT molecular complexity index is 205. The summed E-state index contributed by atoms with van der Waals surface area (Å²) in [6.07, 6.45) is 1.80. The normalized spacial score (nSPS) is 11.4. The molecule has 0 aromatic heterocycles. The zero-order chi connectivity index (χ0) is 13.8. The van der Waals surface area contributed by atoms with Gasteiger partial charge in [-0.3, -0.25) is 4.79 Å². The van der Waals surface area contributed by atoms with Gasteiger partial charge in [-0.1, -0.05) is 13.8 Å². The lowest BCUT2D eigenvalue weighted by atomic mass is 10.1. The predicted octanol–water partition coefficient (Wildman–Crippen LogP) is 2.02. The number of rotatable bonds is 12. The first kappa shape index (κ1) is 17.6. The maximum atomic E-state index is 11.3. The number of ketones is 1. The molecule has 0 atom stereocenters. The summed E-state index contributed by atoms with van der Waals surface area (Å²) in [6, 6.07) is 0. The third kappa shape index (κ3) is 12.0. The van der Waals surface area contributed by atoms with Gasteiger partial charge in [-0.05, 0) is 26.8 Å². The predicted molar refractivity (Wildman–Crippen MR) is 73.9 cm³/mol. The van der Waals surface area contributed by atoms with Gasteiger partial charge in [-0.25, -0.2) is 0 Å². The Kier molecular flexibility index (Phi) is 11.3. The molecule has 0 saturated heterocycles. The molecular weight excluding hydrogens is 230 g/mol. The third-order valence-corrected chi connectivity index (χ3v) is 2.51. The Labute approximate surface area is 111 Å². The Hall–Kier alpha value is -0.450. The first-order valence-corrected chi connectivity index (χ1v) is 6.96. The summed E-state index contributed by atoms with van der Waals surface area (Å²) in [6.45, 7) is 11.7. The fourth-order valence-corrected chi connectivity index (χ4v) is 1.35. The van der Waals surface area contributed by atoms with E-state index in [1.165, 1.54) is 0 Å². The van der Waals surface area contributed by atoms with Crippen molar-refractivity contribution in [1.29, 1.82) is 0 Å². The Balaban J connectivity index is 3.10. The van der Waals surface area contributed by atoms with E-state index < -0.39 is 0 Å². The van der Waals surface area contributed by atoms with Crippen molar-refractivity contribution >= 4 is 5.78 Å². The minimum absolute atomic E-state index is 0.122. The first-order valence-electron chi connectivity index (χ1n) is 6.96. The Morgan fingerprint density at radius 2 is 1.78 bits per heavy atom. The maximum absolute atomic E-state index is 11.3. The van der Waals surface area contributed by atoms with Crippen molar-refractivity contribution in [1.82, 2.24) is 5.32 Å². The van der Waals surface area contributed by atoms with Gasteiger partial charge in [0.05, 0.1) is 19.3 Å². The summed E-state index contributed by atoms with van der Waals surface area (Å²) in [4.78, 5) is 11.3. The fraction of sp³-hybridized carbons (Fsp3) is 0.929. The molecule has 0 radical (unpaired) electrons. The van der Waals surface area contributed by atoms with Crippen molar-refractivity contribution in [3.63, 3.8) is 0 Å². The molecule has 0 amide bonds. The molecule has 108 valence electrons. The second-order valence-corrected chi connectivity index (χ2v) is 5.01. The van der Waals surface area contributed by atoms with E-state index >= 15 is 0 Å². The molecule has 0 aromatic rings. The standard InChI is InChI=1S/C14H29NO3/c1-12(2)14(16)6-10-17-9-5-7-15-8-11-18-13(3)4/h12-13,15H,5-11H2,1-4H3. The van der Waals surface area contributed by atoms with Gasteiger partial charge in [0.1, 0.15) is 5.78 Å². The van der Waals surface area contributed by atoms with Crippen molar-refractivity contribution in [2.45, 2.75) is 46.6 Å². The molecule has 0 aliphatic carbocycles. The van der Waals surface area contributed by atoms with Gasteiger partial charge in [-0.2, -0.15) is 0 Å². The summed E-state index contributed by atoms with van der Waals surface area (Å²) < 4.78 is 10.8. The highest BCUT2D eigenvalue weighted by atomic mass is 16.5. The highest BCUT2D eigenvalue weighted by Crippen LogP contribution is 1.98. The molecule has 0 rings (SSSR count). The number of ether oxygens (including phenoxy) is 2. The molecule has 1 N–H and O–H groups in total. The highest BCUT2D eigenvalue weighted by Gasteiger charge is 2.05. The Morgan fingerprint density at radius 3 is 2.39 bits per heavy atom. The summed E-state index contributed by atoms with van der Waals surface area (Å²) in [5.74, 6) is 0.398. The van der Waals surface area contributed by atoms with Crippen LogP contribution in [0.3, 0.4) is 0 Å². The Morgan fingerprint density at radius 1 is 1.06 bits per heavy atom. The van der Waals surface area contributed by atoms with Crippen molar-refractivity contribution in [3.05, 3.63) is 0 Å². The molecule has 0 spiro atoms. The number of hydrogen-bond donors (Lipinski definition) is 1. The fourth-order valence-electron chi connectivity index (χ4n) is 1.35. The molecular formula is C14H29NO3. The molecule has 0 fully saturated rings. The quantitative estimate of drug-likeness (QED) is 0.545. The van der Waals surface area contributed by atoms with Gasteiger partial charge in [0.15, 0.2) is 0 Å². The second kappa shape index (κ2) is 11.6. The lowest BCUT2D eigenvalue weighted by Gasteiger charge is -2.09. The van der Waals surface area contributed by atoms with Crippen LogP contribution in [0.4, 0.5) is 0 Å². The molecule has 0 heterocycles. The summed E-state index contributed by atoms with van der Waals surface area (Å²) in [5.41, 5.74) is 0. The average Bonchev–Trinajstić information content (AvgIpc) is 2.30. The number of carbonyl (C=O) groups is 1. The zero-order valence-electron chi connectivity index (χ0n) is 12.3. The summed E-state index contributed by atoms with van der Waals surface area (Å²) in [7, 11) is 0. The van der Waals surface area contributed by atoms with E-state index in [-0.39, 0.29) is 11.7 Å². The smallest absolute Gasteiger partial charge is 0.137 e. The van der Waals surface area contributed by atoms with Crippen LogP contribution in [-0.4, -0.2) is 44.8 Å². The SMILES string of the molecule is CC(C)OCCNCCCOCCC(=O)C(C)C. The van der Waals surface area contributed by atoms with Crippen LogP contribution in [0.25, 0.3) is 0 Å². The zero-order valence-corrected chi connectivity index (χ0v) is 12.3. The number of Topliss-reactive ketones (excluding diaryl/α,β-unsaturated/α-hetero) is 1. The summed E-state index contributed by atoms with van der Waals surface area (Å²) in [5, 5.41) is 3.29. The number of nitrogens with one attached hydrogen (secondary N) is 1. The van der Waals surface area contributed by atoms with Crippen LogP contribution < -0.4 is 5.32 Å². The van der Waals surface area contributed by atoms with Crippen LogP contribution in [0.2, 0.25) is 0 Å². The number of carbonyl (C=O) groups excluding carboxylic acids is 1. The van der Waals surface area contributed by atoms with E-state index in [1.807, 2.05) is 27.7 Å². The van der Waals surface area contributed by atoms with Crippen LogP contribution in [-0.2, 0) is 14.3 Å². The molecule has 0 aliphatic rings. The lowest BCUT2D eigenvalue weighted by Crippen LogP contribution is -2.23. The van der Waals surface area contributed by atoms with E-state index in [4.69, 9.17) is 9.47 Å². The van der Waals surface area contributed by atoms with Gasteiger partial charge in [-0.15, -0.1) is 0 Å².